The predicted octanol–water partition coefficient (Wildman–Crippen LogP) is 3.40. The number of hydrogen-bond acceptors (Lipinski definition) is 8. The van der Waals surface area contributed by atoms with Gasteiger partial charge in [-0.1, -0.05) is 21.9 Å². The van der Waals surface area contributed by atoms with Crippen molar-refractivity contribution in [1.29, 1.82) is 0 Å². The molecule has 3 rings (SSSR count). The minimum absolute atomic E-state index is 0. The van der Waals surface area contributed by atoms with Crippen LogP contribution in [0.4, 0.5) is 5.13 Å². The number of aryl methyl sites for hydroxylation is 2. The molecule has 0 aliphatic heterocycles. The quantitative estimate of drug-likeness (QED) is 0.600. The molecule has 2 heterocycles. The highest BCUT2D eigenvalue weighted by molar-refractivity contribution is 7.22. The summed E-state index contributed by atoms with van der Waals surface area (Å²) in [5.74, 6) is 0.596. The normalized spacial score (nSPS) is 10.9. The van der Waals surface area contributed by atoms with Crippen LogP contribution in [0.15, 0.2) is 12.1 Å². The van der Waals surface area contributed by atoms with Crippen molar-refractivity contribution in [3.05, 3.63) is 28.3 Å². The van der Waals surface area contributed by atoms with Gasteiger partial charge in [0.15, 0.2) is 5.13 Å². The lowest BCUT2D eigenvalue weighted by molar-refractivity contribution is 0.0988. The van der Waals surface area contributed by atoms with Crippen LogP contribution >= 0.6 is 35.3 Å². The van der Waals surface area contributed by atoms with Crippen LogP contribution in [0.2, 0.25) is 0 Å². The van der Waals surface area contributed by atoms with Gasteiger partial charge in [0, 0.05) is 13.1 Å². The average Bonchev–Trinajstić information content (AvgIpc) is 3.22. The van der Waals surface area contributed by atoms with E-state index in [1.165, 1.54) is 11.3 Å². The molecule has 146 valence electrons. The summed E-state index contributed by atoms with van der Waals surface area (Å²) < 4.78 is 10.4. The first kappa shape index (κ1) is 21.5. The minimum Gasteiger partial charge on any atom is -0.494 e. The summed E-state index contributed by atoms with van der Waals surface area (Å²) in [5, 5.41) is 4.63. The van der Waals surface area contributed by atoms with Gasteiger partial charge < -0.3 is 9.64 Å². The van der Waals surface area contributed by atoms with Gasteiger partial charge in [-0.05, 0) is 51.1 Å². The highest BCUT2D eigenvalue weighted by Crippen LogP contribution is 2.37. The fourth-order valence-electron chi connectivity index (χ4n) is 2.51. The van der Waals surface area contributed by atoms with Crippen LogP contribution < -0.4 is 9.64 Å². The number of methoxy groups -OCH3 is 1. The Balaban J connectivity index is 0.00000261. The van der Waals surface area contributed by atoms with Crippen LogP contribution in [0.1, 0.15) is 20.9 Å². The first-order chi connectivity index (χ1) is 12.4. The van der Waals surface area contributed by atoms with Gasteiger partial charge in [-0.3, -0.25) is 9.69 Å². The zero-order valence-corrected chi connectivity index (χ0v) is 18.3. The lowest BCUT2D eigenvalue weighted by Gasteiger charge is -2.21. The molecule has 0 spiro atoms. The molecular formula is C17H22ClN5O2S2. The molecule has 0 N–H and O–H groups in total. The van der Waals surface area contributed by atoms with E-state index in [-0.39, 0.29) is 18.3 Å². The highest BCUT2D eigenvalue weighted by Gasteiger charge is 2.25. The van der Waals surface area contributed by atoms with Crippen LogP contribution in [-0.4, -0.2) is 59.7 Å². The number of carbonyl (C=O) groups excluding carboxylic acids is 1. The number of rotatable bonds is 6. The van der Waals surface area contributed by atoms with Crippen molar-refractivity contribution >= 4 is 56.5 Å². The van der Waals surface area contributed by atoms with Crippen LogP contribution in [0, 0.1) is 13.8 Å². The molecule has 0 atom stereocenters. The number of amides is 1. The largest absolute Gasteiger partial charge is 0.494 e. The number of carbonyl (C=O) groups is 1. The summed E-state index contributed by atoms with van der Waals surface area (Å²) in [6.07, 6.45) is 0. The van der Waals surface area contributed by atoms with Gasteiger partial charge in [0.05, 0.1) is 17.5 Å². The molecule has 0 aliphatic carbocycles. The van der Waals surface area contributed by atoms with E-state index in [1.54, 1.807) is 18.9 Å². The number of hydrogen-bond donors (Lipinski definition) is 0. The van der Waals surface area contributed by atoms with E-state index in [0.29, 0.717) is 28.0 Å². The number of ether oxygens (including phenoxy) is 1. The topological polar surface area (TPSA) is 71.5 Å². The molecule has 3 aromatic rings. The molecular weight excluding hydrogens is 406 g/mol. The summed E-state index contributed by atoms with van der Waals surface area (Å²) in [5.41, 5.74) is 2.54. The number of likely N-dealkylation sites (N-methyl/N-ethyl adjacent to an activating group) is 1. The van der Waals surface area contributed by atoms with Crippen LogP contribution in [-0.2, 0) is 0 Å². The van der Waals surface area contributed by atoms with Crippen LogP contribution in [0.25, 0.3) is 10.2 Å². The molecule has 0 radical (unpaired) electrons. The Morgan fingerprint density at radius 1 is 1.22 bits per heavy atom. The monoisotopic (exact) mass is 427 g/mol. The lowest BCUT2D eigenvalue weighted by atomic mass is 10.2. The van der Waals surface area contributed by atoms with Crippen molar-refractivity contribution in [2.75, 3.05) is 39.2 Å². The second-order valence-corrected chi connectivity index (χ2v) is 7.94. The predicted molar refractivity (Wildman–Crippen MR) is 113 cm³/mol. The Morgan fingerprint density at radius 3 is 2.56 bits per heavy atom. The summed E-state index contributed by atoms with van der Waals surface area (Å²) >= 11 is 2.62. The van der Waals surface area contributed by atoms with E-state index < -0.39 is 0 Å². The maximum Gasteiger partial charge on any atom is 0.273 e. The first-order valence-corrected chi connectivity index (χ1v) is 9.71. The average molecular weight is 428 g/mol. The highest BCUT2D eigenvalue weighted by atomic mass is 35.5. The number of aromatic nitrogens is 3. The molecule has 1 aromatic carbocycles. The molecule has 7 nitrogen and oxygen atoms in total. The molecule has 0 aliphatic rings. The Labute approximate surface area is 172 Å². The first-order valence-electron chi connectivity index (χ1n) is 8.12. The number of anilines is 1. The van der Waals surface area contributed by atoms with Crippen molar-refractivity contribution in [3.8, 4) is 5.75 Å². The zero-order chi connectivity index (χ0) is 18.8. The minimum atomic E-state index is -0.116. The van der Waals surface area contributed by atoms with E-state index in [2.05, 4.69) is 9.59 Å². The second kappa shape index (κ2) is 8.92. The molecule has 0 unspecified atom stereocenters. The zero-order valence-electron chi connectivity index (χ0n) is 15.8. The number of thiazole rings is 1. The maximum atomic E-state index is 13.1. The number of benzene rings is 1. The Bertz CT molecular complexity index is 941. The van der Waals surface area contributed by atoms with Gasteiger partial charge in [-0.15, -0.1) is 17.5 Å². The molecule has 0 fully saturated rings. The Morgan fingerprint density at radius 2 is 1.96 bits per heavy atom. The van der Waals surface area contributed by atoms with Crippen LogP contribution in [0.5, 0.6) is 5.75 Å². The van der Waals surface area contributed by atoms with Crippen molar-refractivity contribution in [1.82, 2.24) is 19.5 Å². The summed E-state index contributed by atoms with van der Waals surface area (Å²) in [6.45, 7) is 5.09. The van der Waals surface area contributed by atoms with Gasteiger partial charge in [0.1, 0.15) is 16.1 Å². The fraction of sp³-hybridized carbons (Fsp3) is 0.412. The number of halogens is 1. The van der Waals surface area contributed by atoms with Crippen LogP contribution in [0.3, 0.4) is 0 Å². The Kier molecular flexibility index (Phi) is 7.10. The van der Waals surface area contributed by atoms with Crippen molar-refractivity contribution < 1.29 is 9.53 Å². The van der Waals surface area contributed by atoms with Crippen molar-refractivity contribution in [3.63, 3.8) is 0 Å². The Hall–Kier alpha value is -1.81. The molecule has 1 amide bonds. The second-order valence-electron chi connectivity index (χ2n) is 6.21. The van der Waals surface area contributed by atoms with Crippen molar-refractivity contribution in [2.24, 2.45) is 0 Å². The number of fused-ring (bicyclic) bond motifs is 1. The summed E-state index contributed by atoms with van der Waals surface area (Å²) in [7, 11) is 5.59. The smallest absolute Gasteiger partial charge is 0.273 e. The third-order valence-electron chi connectivity index (χ3n) is 4.00. The summed E-state index contributed by atoms with van der Waals surface area (Å²) in [4.78, 5) is 22.2. The third-order valence-corrected chi connectivity index (χ3v) is 6.03. The van der Waals surface area contributed by atoms with E-state index >= 15 is 0 Å². The molecule has 27 heavy (non-hydrogen) atoms. The fourth-order valence-corrected chi connectivity index (χ4v) is 4.19. The molecule has 0 saturated heterocycles. The van der Waals surface area contributed by atoms with Gasteiger partial charge in [0.25, 0.3) is 5.91 Å². The number of nitrogens with zero attached hydrogens (tertiary/aromatic N) is 5. The van der Waals surface area contributed by atoms with Crippen molar-refractivity contribution in [2.45, 2.75) is 13.8 Å². The van der Waals surface area contributed by atoms with Gasteiger partial charge >= 0.3 is 0 Å². The van der Waals surface area contributed by atoms with E-state index in [1.807, 2.05) is 38.1 Å². The summed E-state index contributed by atoms with van der Waals surface area (Å²) in [6, 6.07) is 3.91. The van der Waals surface area contributed by atoms with Gasteiger partial charge in [0.2, 0.25) is 0 Å². The molecule has 10 heteroatoms. The van der Waals surface area contributed by atoms with E-state index in [9.17, 15) is 4.79 Å². The lowest BCUT2D eigenvalue weighted by Crippen LogP contribution is -2.36. The standard InChI is InChI=1S/C17H21N5O2S2.ClH/c1-10-6-7-12(24-5)13-14(10)25-17(18-13)22(9-8-21(3)4)16(23)15-11(2)19-20-26-15;/h6-7H,8-9H2,1-5H3;1H. The molecule has 2 aromatic heterocycles. The van der Waals surface area contributed by atoms with Gasteiger partial charge in [-0.2, -0.15) is 0 Å². The SMILES string of the molecule is COc1ccc(C)c2sc(N(CCN(C)C)C(=O)c3snnc3C)nc12.Cl. The molecule has 0 saturated carbocycles. The van der Waals surface area contributed by atoms with E-state index in [0.717, 1.165) is 33.9 Å². The van der Waals surface area contributed by atoms with Gasteiger partial charge in [-0.25, -0.2) is 4.98 Å². The maximum absolute atomic E-state index is 13.1. The van der Waals surface area contributed by atoms with E-state index in [4.69, 9.17) is 9.72 Å². The third kappa shape index (κ3) is 4.37. The molecule has 0 bridgehead atoms.